The molecule has 3 nitrogen and oxygen atoms in total. The maximum atomic E-state index is 9.08. The minimum atomic E-state index is -0.690. The zero-order valence-electron chi connectivity index (χ0n) is 7.37. The predicted molar refractivity (Wildman–Crippen MR) is 50.8 cm³/mol. The minimum absolute atomic E-state index is 0.141. The predicted octanol–water partition coefficient (Wildman–Crippen LogP) is 0.977. The van der Waals surface area contributed by atoms with Crippen molar-refractivity contribution in [2.24, 2.45) is 0 Å². The molecule has 0 radical (unpaired) electrons. The summed E-state index contributed by atoms with van der Waals surface area (Å²) in [4.78, 5) is 4.04. The number of halogens is 1. The van der Waals surface area contributed by atoms with E-state index in [4.69, 9.17) is 21.8 Å². The van der Waals surface area contributed by atoms with Crippen LogP contribution in [0.3, 0.4) is 0 Å². The number of nitrogens with zero attached hydrogens (tertiary/aromatic N) is 1. The number of hydrogen-bond acceptors (Lipinski definition) is 3. The Kier molecular flexibility index (Phi) is 3.25. The molecule has 0 amide bonds. The van der Waals surface area contributed by atoms with Crippen LogP contribution < -0.4 is 0 Å². The molecule has 1 aromatic heterocycles. The van der Waals surface area contributed by atoms with Crippen molar-refractivity contribution in [1.82, 2.24) is 4.98 Å². The molecule has 0 bridgehead atoms. The van der Waals surface area contributed by atoms with E-state index in [1.807, 2.05) is 0 Å². The summed E-state index contributed by atoms with van der Waals surface area (Å²) in [5.41, 5.74) is -0.0492. The number of hydrogen-bond donors (Lipinski definition) is 2. The maximum Gasteiger partial charge on any atom is 0.0589 e. The smallest absolute Gasteiger partial charge is 0.0589 e. The van der Waals surface area contributed by atoms with Gasteiger partial charge in [0.2, 0.25) is 0 Å². The molecule has 0 aliphatic rings. The molecule has 0 unspecified atom stereocenters. The Morgan fingerprint density at radius 2 is 2.00 bits per heavy atom. The van der Waals surface area contributed by atoms with E-state index in [9.17, 15) is 0 Å². The van der Waals surface area contributed by atoms with Crippen molar-refractivity contribution >= 4 is 11.6 Å². The molecule has 0 fully saturated rings. The normalized spacial score (nSPS) is 11.7. The van der Waals surface area contributed by atoms with Crippen LogP contribution in [0, 0.1) is 0 Å². The molecule has 0 saturated heterocycles. The van der Waals surface area contributed by atoms with E-state index in [0.29, 0.717) is 10.7 Å². The summed E-state index contributed by atoms with van der Waals surface area (Å²) >= 11 is 5.66. The molecule has 72 valence electrons. The molecule has 0 aliphatic heterocycles. The Morgan fingerprint density at radius 3 is 2.38 bits per heavy atom. The summed E-state index contributed by atoms with van der Waals surface area (Å²) < 4.78 is 0. The van der Waals surface area contributed by atoms with Crippen LogP contribution in [0.4, 0.5) is 0 Å². The van der Waals surface area contributed by atoms with Crippen LogP contribution in [0.25, 0.3) is 0 Å². The Labute approximate surface area is 82.0 Å². The molecule has 4 heteroatoms. The number of pyridine rings is 1. The van der Waals surface area contributed by atoms with Gasteiger partial charge in [0, 0.05) is 6.20 Å². The molecule has 1 rings (SSSR count). The van der Waals surface area contributed by atoms with E-state index in [1.54, 1.807) is 19.1 Å². The second-order valence-electron chi connectivity index (χ2n) is 3.24. The van der Waals surface area contributed by atoms with Gasteiger partial charge in [0.05, 0.1) is 29.3 Å². The van der Waals surface area contributed by atoms with Gasteiger partial charge >= 0.3 is 0 Å². The fourth-order valence-corrected chi connectivity index (χ4v) is 1.06. The first-order valence-corrected chi connectivity index (χ1v) is 4.34. The summed E-state index contributed by atoms with van der Waals surface area (Å²) in [6.45, 7) is 1.46. The molecule has 0 spiro atoms. The van der Waals surface area contributed by atoms with Crippen LogP contribution in [0.15, 0.2) is 18.3 Å². The lowest BCUT2D eigenvalue weighted by Crippen LogP contribution is -2.31. The zero-order valence-corrected chi connectivity index (χ0v) is 8.12. The highest BCUT2D eigenvalue weighted by atomic mass is 35.5. The van der Waals surface area contributed by atoms with Gasteiger partial charge in [0.1, 0.15) is 0 Å². The van der Waals surface area contributed by atoms with Crippen LogP contribution in [0.5, 0.6) is 0 Å². The van der Waals surface area contributed by atoms with Crippen molar-refractivity contribution in [2.45, 2.75) is 12.3 Å². The van der Waals surface area contributed by atoms with Gasteiger partial charge in [-0.3, -0.25) is 4.98 Å². The monoisotopic (exact) mass is 201 g/mol. The summed E-state index contributed by atoms with van der Waals surface area (Å²) in [7, 11) is 0. The molecule has 1 aromatic rings. The first-order valence-electron chi connectivity index (χ1n) is 3.96. The SMILES string of the molecule is CC(CO)(CO)c1ccc(Cl)cn1. The van der Waals surface area contributed by atoms with Crippen molar-refractivity contribution in [3.8, 4) is 0 Å². The van der Waals surface area contributed by atoms with E-state index < -0.39 is 5.41 Å². The third-order valence-corrected chi connectivity index (χ3v) is 2.27. The molecular weight excluding hydrogens is 190 g/mol. The van der Waals surface area contributed by atoms with Crippen LogP contribution in [0.1, 0.15) is 12.6 Å². The van der Waals surface area contributed by atoms with E-state index in [1.165, 1.54) is 6.20 Å². The Bertz CT molecular complexity index is 269. The van der Waals surface area contributed by atoms with Crippen molar-refractivity contribution in [3.05, 3.63) is 29.0 Å². The molecule has 1 heterocycles. The van der Waals surface area contributed by atoms with Crippen LogP contribution in [0.2, 0.25) is 5.02 Å². The average molecular weight is 202 g/mol. The zero-order chi connectivity index (χ0) is 9.90. The van der Waals surface area contributed by atoms with Gasteiger partial charge in [0.25, 0.3) is 0 Å². The quantitative estimate of drug-likeness (QED) is 0.767. The molecule has 0 aromatic carbocycles. The van der Waals surface area contributed by atoms with Gasteiger partial charge in [-0.2, -0.15) is 0 Å². The number of aromatic nitrogens is 1. The molecule has 0 saturated carbocycles. The summed E-state index contributed by atoms with van der Waals surface area (Å²) in [6, 6.07) is 3.39. The first kappa shape index (κ1) is 10.4. The van der Waals surface area contributed by atoms with E-state index in [-0.39, 0.29) is 13.2 Å². The summed E-state index contributed by atoms with van der Waals surface area (Å²) in [5.74, 6) is 0. The third kappa shape index (κ3) is 2.18. The average Bonchev–Trinajstić information content (AvgIpc) is 2.18. The number of aliphatic hydroxyl groups is 2. The van der Waals surface area contributed by atoms with Gasteiger partial charge < -0.3 is 10.2 Å². The Morgan fingerprint density at radius 1 is 1.38 bits per heavy atom. The van der Waals surface area contributed by atoms with Gasteiger partial charge in [-0.1, -0.05) is 11.6 Å². The van der Waals surface area contributed by atoms with Crippen molar-refractivity contribution in [2.75, 3.05) is 13.2 Å². The van der Waals surface area contributed by atoms with E-state index >= 15 is 0 Å². The largest absolute Gasteiger partial charge is 0.395 e. The molecule has 0 atom stereocenters. The molecule has 2 N–H and O–H groups in total. The Balaban J connectivity index is 2.99. The van der Waals surface area contributed by atoms with Crippen molar-refractivity contribution in [1.29, 1.82) is 0 Å². The minimum Gasteiger partial charge on any atom is -0.395 e. The van der Waals surface area contributed by atoms with E-state index in [2.05, 4.69) is 4.98 Å². The maximum absolute atomic E-state index is 9.08. The highest BCUT2D eigenvalue weighted by Crippen LogP contribution is 2.21. The second-order valence-corrected chi connectivity index (χ2v) is 3.67. The highest BCUT2D eigenvalue weighted by molar-refractivity contribution is 6.30. The lowest BCUT2D eigenvalue weighted by molar-refractivity contribution is 0.126. The van der Waals surface area contributed by atoms with E-state index in [0.717, 1.165) is 0 Å². The fourth-order valence-electron chi connectivity index (χ4n) is 0.945. The third-order valence-electron chi connectivity index (χ3n) is 2.04. The summed E-state index contributed by atoms with van der Waals surface area (Å²) in [5, 5.41) is 18.7. The van der Waals surface area contributed by atoms with Crippen molar-refractivity contribution < 1.29 is 10.2 Å². The lowest BCUT2D eigenvalue weighted by Gasteiger charge is -2.23. The van der Waals surface area contributed by atoms with Gasteiger partial charge in [0.15, 0.2) is 0 Å². The molecular formula is C9H12ClNO2. The topological polar surface area (TPSA) is 53.4 Å². The molecule has 13 heavy (non-hydrogen) atoms. The van der Waals surface area contributed by atoms with Gasteiger partial charge in [-0.15, -0.1) is 0 Å². The number of rotatable bonds is 3. The van der Waals surface area contributed by atoms with Crippen LogP contribution in [-0.2, 0) is 5.41 Å². The van der Waals surface area contributed by atoms with Crippen LogP contribution >= 0.6 is 11.6 Å². The lowest BCUT2D eigenvalue weighted by atomic mass is 9.88. The Hall–Kier alpha value is -0.640. The second kappa shape index (κ2) is 4.05. The standard InChI is InChI=1S/C9H12ClNO2/c1-9(5-12,6-13)8-3-2-7(10)4-11-8/h2-4,12-13H,5-6H2,1H3. The fraction of sp³-hybridized carbons (Fsp3) is 0.444. The first-order chi connectivity index (χ1) is 6.12. The molecule has 0 aliphatic carbocycles. The van der Waals surface area contributed by atoms with Gasteiger partial charge in [-0.05, 0) is 19.1 Å². The van der Waals surface area contributed by atoms with Crippen molar-refractivity contribution in [3.63, 3.8) is 0 Å². The number of aliphatic hydroxyl groups excluding tert-OH is 2. The summed E-state index contributed by atoms with van der Waals surface area (Å²) in [6.07, 6.45) is 1.50. The van der Waals surface area contributed by atoms with Crippen LogP contribution in [-0.4, -0.2) is 28.4 Å². The van der Waals surface area contributed by atoms with Gasteiger partial charge in [-0.25, -0.2) is 0 Å². The highest BCUT2D eigenvalue weighted by Gasteiger charge is 2.26.